The number of amides is 1. The van der Waals surface area contributed by atoms with Crippen molar-refractivity contribution in [2.75, 3.05) is 11.9 Å². The third-order valence-electron chi connectivity index (χ3n) is 7.28. The summed E-state index contributed by atoms with van der Waals surface area (Å²) in [5.41, 5.74) is 1.22. The number of fused-ring (bicyclic) bond motifs is 1. The summed E-state index contributed by atoms with van der Waals surface area (Å²) in [5, 5.41) is 22.6. The SMILES string of the molecule is CC[C@@](O)(Cn1nncc1CCCCC1C(=O)Nc2ncccc21)c1ccc(F)c(OCC2CC2)c1. The first-order chi connectivity index (χ1) is 17.5. The summed E-state index contributed by atoms with van der Waals surface area (Å²) in [5.74, 6) is 0.757. The number of nitrogens with zero attached hydrogens (tertiary/aromatic N) is 4. The smallest absolute Gasteiger partial charge is 0.233 e. The maximum atomic E-state index is 14.3. The number of benzene rings is 1. The molecule has 1 amide bonds. The van der Waals surface area contributed by atoms with E-state index in [-0.39, 0.29) is 24.1 Å². The molecule has 0 radical (unpaired) electrons. The van der Waals surface area contributed by atoms with Crippen molar-refractivity contribution >= 4 is 11.7 Å². The molecule has 1 aromatic carbocycles. The van der Waals surface area contributed by atoms with Crippen LogP contribution in [0.4, 0.5) is 10.2 Å². The van der Waals surface area contributed by atoms with Gasteiger partial charge in [0.05, 0.1) is 31.0 Å². The highest BCUT2D eigenvalue weighted by Gasteiger charge is 2.32. The first kappa shape index (κ1) is 24.4. The van der Waals surface area contributed by atoms with E-state index < -0.39 is 11.4 Å². The van der Waals surface area contributed by atoms with Gasteiger partial charge in [0.1, 0.15) is 11.4 Å². The molecule has 2 aromatic heterocycles. The second kappa shape index (κ2) is 10.3. The molecule has 3 aromatic rings. The normalized spacial score (nSPS) is 18.5. The first-order valence-electron chi connectivity index (χ1n) is 12.7. The van der Waals surface area contributed by atoms with Gasteiger partial charge in [0.25, 0.3) is 0 Å². The Kier molecular flexibility index (Phi) is 7.00. The molecule has 1 aliphatic carbocycles. The van der Waals surface area contributed by atoms with Crippen molar-refractivity contribution in [1.29, 1.82) is 0 Å². The van der Waals surface area contributed by atoms with Crippen LogP contribution in [-0.2, 0) is 23.4 Å². The van der Waals surface area contributed by atoms with E-state index >= 15 is 0 Å². The minimum Gasteiger partial charge on any atom is -0.490 e. The van der Waals surface area contributed by atoms with Gasteiger partial charge in [0, 0.05) is 11.8 Å². The Hall–Kier alpha value is -3.33. The van der Waals surface area contributed by atoms with Crippen LogP contribution in [0.1, 0.15) is 68.2 Å². The zero-order valence-corrected chi connectivity index (χ0v) is 20.5. The number of nitrogens with one attached hydrogen (secondary N) is 1. The predicted octanol–water partition coefficient (Wildman–Crippen LogP) is 4.35. The first-order valence-corrected chi connectivity index (χ1v) is 12.7. The van der Waals surface area contributed by atoms with Gasteiger partial charge in [-0.25, -0.2) is 14.1 Å². The lowest BCUT2D eigenvalue weighted by atomic mass is 9.90. The lowest BCUT2D eigenvalue weighted by Crippen LogP contribution is -2.32. The lowest BCUT2D eigenvalue weighted by molar-refractivity contribution is -0.117. The van der Waals surface area contributed by atoms with Crippen molar-refractivity contribution in [3.05, 3.63) is 65.4 Å². The van der Waals surface area contributed by atoms with Crippen LogP contribution in [0.15, 0.2) is 42.7 Å². The van der Waals surface area contributed by atoms with Crippen LogP contribution in [0.3, 0.4) is 0 Å². The molecular formula is C27H32FN5O3. The second-order valence-electron chi connectivity index (χ2n) is 9.90. The third kappa shape index (κ3) is 5.26. The van der Waals surface area contributed by atoms with E-state index in [1.807, 2.05) is 19.1 Å². The van der Waals surface area contributed by atoms with E-state index in [0.29, 0.717) is 30.3 Å². The van der Waals surface area contributed by atoms with Crippen molar-refractivity contribution in [3.8, 4) is 5.75 Å². The fraction of sp³-hybridized carbons (Fsp3) is 0.481. The van der Waals surface area contributed by atoms with E-state index in [1.54, 1.807) is 29.2 Å². The van der Waals surface area contributed by atoms with Gasteiger partial charge in [-0.15, -0.1) is 5.10 Å². The summed E-state index contributed by atoms with van der Waals surface area (Å²) in [4.78, 5) is 16.6. The minimum absolute atomic E-state index is 0.00296. The quantitative estimate of drug-likeness (QED) is 0.364. The average Bonchev–Trinajstić information content (AvgIpc) is 3.53. The monoisotopic (exact) mass is 493 g/mol. The zero-order chi connectivity index (χ0) is 25.1. The Morgan fingerprint density at radius 3 is 2.94 bits per heavy atom. The van der Waals surface area contributed by atoms with Gasteiger partial charge < -0.3 is 15.2 Å². The molecule has 3 heterocycles. The number of hydrogen-bond acceptors (Lipinski definition) is 6. The fourth-order valence-corrected chi connectivity index (χ4v) is 4.75. The van der Waals surface area contributed by atoms with Gasteiger partial charge in [0.15, 0.2) is 11.6 Å². The summed E-state index contributed by atoms with van der Waals surface area (Å²) in [6, 6.07) is 8.38. The number of aliphatic hydroxyl groups is 1. The van der Waals surface area contributed by atoms with Crippen molar-refractivity contribution in [2.24, 2.45) is 5.92 Å². The van der Waals surface area contributed by atoms with Crippen LogP contribution in [-0.4, -0.2) is 37.6 Å². The summed E-state index contributed by atoms with van der Waals surface area (Å²) in [6.07, 6.45) is 9.23. The molecule has 2 N–H and O–H groups in total. The van der Waals surface area contributed by atoms with Gasteiger partial charge in [-0.2, -0.15) is 0 Å². The number of hydrogen-bond donors (Lipinski definition) is 2. The molecule has 0 saturated heterocycles. The van der Waals surface area contributed by atoms with Crippen molar-refractivity contribution in [2.45, 2.75) is 69.9 Å². The molecule has 1 aliphatic heterocycles. The summed E-state index contributed by atoms with van der Waals surface area (Å²) in [6.45, 7) is 2.60. The number of halogens is 1. The maximum Gasteiger partial charge on any atom is 0.233 e. The fourth-order valence-electron chi connectivity index (χ4n) is 4.75. The molecule has 1 saturated carbocycles. The Morgan fingerprint density at radius 1 is 1.28 bits per heavy atom. The van der Waals surface area contributed by atoms with Crippen LogP contribution >= 0.6 is 0 Å². The number of aryl methyl sites for hydroxylation is 1. The second-order valence-corrected chi connectivity index (χ2v) is 9.90. The highest BCUT2D eigenvalue weighted by atomic mass is 19.1. The van der Waals surface area contributed by atoms with Crippen molar-refractivity contribution < 1.29 is 19.0 Å². The van der Waals surface area contributed by atoms with Gasteiger partial charge in [0.2, 0.25) is 5.91 Å². The molecular weight excluding hydrogens is 461 g/mol. The molecule has 0 spiro atoms. The van der Waals surface area contributed by atoms with Gasteiger partial charge in [-0.1, -0.05) is 30.7 Å². The van der Waals surface area contributed by atoms with Crippen molar-refractivity contribution in [3.63, 3.8) is 0 Å². The Bertz CT molecular complexity index is 1230. The Morgan fingerprint density at radius 2 is 2.14 bits per heavy atom. The largest absolute Gasteiger partial charge is 0.490 e. The zero-order valence-electron chi connectivity index (χ0n) is 20.5. The molecule has 2 aliphatic rings. The number of pyridine rings is 1. The number of unbranched alkanes of at least 4 members (excludes halogenated alkanes) is 1. The van der Waals surface area contributed by atoms with Crippen LogP contribution in [0.5, 0.6) is 5.75 Å². The Balaban J connectivity index is 1.20. The number of ether oxygens (including phenoxy) is 1. The molecule has 9 heteroatoms. The number of carbonyl (C=O) groups is 1. The maximum absolute atomic E-state index is 14.3. The highest BCUT2D eigenvalue weighted by molar-refractivity contribution is 6.01. The Labute approximate surface area is 209 Å². The van der Waals surface area contributed by atoms with Crippen molar-refractivity contribution in [1.82, 2.24) is 20.0 Å². The average molecular weight is 494 g/mol. The third-order valence-corrected chi connectivity index (χ3v) is 7.28. The summed E-state index contributed by atoms with van der Waals surface area (Å²) >= 11 is 0. The van der Waals surface area contributed by atoms with Crippen LogP contribution < -0.4 is 10.1 Å². The topological polar surface area (TPSA) is 102 Å². The summed E-state index contributed by atoms with van der Waals surface area (Å²) < 4.78 is 21.7. The number of anilines is 1. The number of rotatable bonds is 12. The van der Waals surface area contributed by atoms with Crippen LogP contribution in [0, 0.1) is 11.7 Å². The molecule has 190 valence electrons. The van der Waals surface area contributed by atoms with E-state index in [4.69, 9.17) is 4.74 Å². The predicted molar refractivity (Wildman–Crippen MR) is 132 cm³/mol. The van der Waals surface area contributed by atoms with E-state index in [0.717, 1.165) is 49.8 Å². The standard InChI is InChI=1S/C27H32FN5O3/c1-2-27(35,19-11-12-23(28)24(14-19)36-16-18-9-10-18)17-33-20(15-30-32-33)6-3-4-7-22-21-8-5-13-29-25(21)31-26(22)34/h5,8,11-15,18,22,35H,2-4,6-7,9-10,16-17H2,1H3,(H,29,31,34)/t22?,27-/m1/s1. The van der Waals surface area contributed by atoms with Gasteiger partial charge in [-0.3, -0.25) is 4.79 Å². The lowest BCUT2D eigenvalue weighted by Gasteiger charge is -2.28. The van der Waals surface area contributed by atoms with E-state index in [9.17, 15) is 14.3 Å². The summed E-state index contributed by atoms with van der Waals surface area (Å²) in [7, 11) is 0. The molecule has 0 bridgehead atoms. The number of aromatic nitrogens is 4. The van der Waals surface area contributed by atoms with E-state index in [1.165, 1.54) is 6.07 Å². The molecule has 36 heavy (non-hydrogen) atoms. The molecule has 2 atom stereocenters. The highest BCUT2D eigenvalue weighted by Crippen LogP contribution is 2.35. The minimum atomic E-state index is -1.24. The molecule has 1 unspecified atom stereocenters. The van der Waals surface area contributed by atoms with Crippen LogP contribution in [0.2, 0.25) is 0 Å². The molecule has 1 fully saturated rings. The van der Waals surface area contributed by atoms with Gasteiger partial charge >= 0.3 is 0 Å². The van der Waals surface area contributed by atoms with Crippen LogP contribution in [0.25, 0.3) is 0 Å². The molecule has 8 nitrogen and oxygen atoms in total. The number of carbonyl (C=O) groups excluding carboxylic acids is 1. The molecule has 5 rings (SSSR count). The van der Waals surface area contributed by atoms with Gasteiger partial charge in [-0.05, 0) is 68.2 Å². The van der Waals surface area contributed by atoms with E-state index in [2.05, 4.69) is 20.6 Å².